The van der Waals surface area contributed by atoms with Crippen LogP contribution in [0.15, 0.2) is 54.6 Å². The van der Waals surface area contributed by atoms with E-state index in [2.05, 4.69) is 0 Å². The van der Waals surface area contributed by atoms with Crippen molar-refractivity contribution >= 4 is 40.3 Å². The van der Waals surface area contributed by atoms with Gasteiger partial charge >= 0.3 is 0 Å². The van der Waals surface area contributed by atoms with Crippen LogP contribution in [0, 0.1) is 0 Å². The average molecular weight is 301 g/mol. The number of hydrogen-bond donors (Lipinski definition) is 0. The Kier molecular flexibility index (Phi) is 3.47. The summed E-state index contributed by atoms with van der Waals surface area (Å²) < 4.78 is 0. The molecule has 3 heteroatoms. The van der Waals surface area contributed by atoms with Crippen LogP contribution in [0.5, 0.6) is 0 Å². The van der Waals surface area contributed by atoms with E-state index in [4.69, 9.17) is 23.2 Å². The number of carbonyl (C=O) groups excluding carboxylic acids is 1. The number of benzene rings is 3. The molecule has 3 rings (SSSR count). The van der Waals surface area contributed by atoms with Gasteiger partial charge in [0.25, 0.3) is 0 Å². The first-order valence-electron chi connectivity index (χ1n) is 6.12. The fourth-order valence-electron chi connectivity index (χ4n) is 2.29. The molecule has 98 valence electrons. The minimum atomic E-state index is 0.577. The minimum absolute atomic E-state index is 0.577. The van der Waals surface area contributed by atoms with Gasteiger partial charge < -0.3 is 0 Å². The Morgan fingerprint density at radius 3 is 2.20 bits per heavy atom. The summed E-state index contributed by atoms with van der Waals surface area (Å²) in [5.74, 6) is 0. The standard InChI is InChI=1S/C17H10Cl2O/c18-14-5-6-17(19)16(9-14)15-8-12-4-2-1-3-11(12)7-13(15)10-20/h1-10H. The van der Waals surface area contributed by atoms with E-state index in [1.165, 1.54) is 0 Å². The lowest BCUT2D eigenvalue weighted by atomic mass is 9.96. The quantitative estimate of drug-likeness (QED) is 0.561. The third kappa shape index (κ3) is 2.31. The van der Waals surface area contributed by atoms with E-state index in [1.54, 1.807) is 18.2 Å². The van der Waals surface area contributed by atoms with Gasteiger partial charge in [-0.25, -0.2) is 0 Å². The van der Waals surface area contributed by atoms with Crippen LogP contribution in [0.2, 0.25) is 10.0 Å². The summed E-state index contributed by atoms with van der Waals surface area (Å²) >= 11 is 12.3. The van der Waals surface area contributed by atoms with E-state index in [9.17, 15) is 4.79 Å². The Balaban J connectivity index is 2.34. The molecule has 0 aliphatic rings. The van der Waals surface area contributed by atoms with Gasteiger partial charge in [-0.2, -0.15) is 0 Å². The molecule has 0 atom stereocenters. The van der Waals surface area contributed by atoms with E-state index in [0.717, 1.165) is 28.2 Å². The molecule has 3 aromatic rings. The van der Waals surface area contributed by atoms with Crippen LogP contribution >= 0.6 is 23.2 Å². The zero-order chi connectivity index (χ0) is 14.1. The Hall–Kier alpha value is -1.83. The van der Waals surface area contributed by atoms with Gasteiger partial charge in [0.15, 0.2) is 6.29 Å². The highest BCUT2D eigenvalue weighted by atomic mass is 35.5. The molecule has 0 spiro atoms. The van der Waals surface area contributed by atoms with Gasteiger partial charge in [-0.3, -0.25) is 4.79 Å². The maximum atomic E-state index is 11.4. The van der Waals surface area contributed by atoms with Crippen molar-refractivity contribution in [2.45, 2.75) is 0 Å². The average Bonchev–Trinajstić information content (AvgIpc) is 2.48. The summed E-state index contributed by atoms with van der Waals surface area (Å²) in [6, 6.07) is 17.0. The third-order valence-electron chi connectivity index (χ3n) is 3.26. The summed E-state index contributed by atoms with van der Waals surface area (Å²) in [5, 5.41) is 3.25. The van der Waals surface area contributed by atoms with Crippen LogP contribution in [0.1, 0.15) is 10.4 Å². The number of halogens is 2. The van der Waals surface area contributed by atoms with Crippen LogP contribution in [-0.4, -0.2) is 6.29 Å². The molecule has 0 radical (unpaired) electrons. The summed E-state index contributed by atoms with van der Waals surface area (Å²) in [6.45, 7) is 0. The van der Waals surface area contributed by atoms with E-state index in [1.807, 2.05) is 36.4 Å². The second-order valence-electron chi connectivity index (χ2n) is 4.53. The second-order valence-corrected chi connectivity index (χ2v) is 5.37. The molecule has 3 aromatic carbocycles. The number of rotatable bonds is 2. The molecule has 0 aliphatic carbocycles. The van der Waals surface area contributed by atoms with Crippen molar-refractivity contribution < 1.29 is 4.79 Å². The Morgan fingerprint density at radius 1 is 0.800 bits per heavy atom. The lowest BCUT2D eigenvalue weighted by molar-refractivity contribution is 0.112. The fraction of sp³-hybridized carbons (Fsp3) is 0. The molecular formula is C17H10Cl2O. The van der Waals surface area contributed by atoms with Crippen LogP contribution in [0.4, 0.5) is 0 Å². The van der Waals surface area contributed by atoms with Crippen LogP contribution in [-0.2, 0) is 0 Å². The molecule has 0 aliphatic heterocycles. The maximum Gasteiger partial charge on any atom is 0.150 e. The van der Waals surface area contributed by atoms with E-state index >= 15 is 0 Å². The first-order chi connectivity index (χ1) is 9.69. The Bertz CT molecular complexity index is 809. The van der Waals surface area contributed by atoms with Gasteiger partial charge in [0.05, 0.1) is 0 Å². The van der Waals surface area contributed by atoms with Gasteiger partial charge in [-0.05, 0) is 46.7 Å². The Labute approximate surface area is 126 Å². The largest absolute Gasteiger partial charge is 0.298 e. The Morgan fingerprint density at radius 2 is 1.50 bits per heavy atom. The molecule has 0 fully saturated rings. The van der Waals surface area contributed by atoms with Gasteiger partial charge in [0.2, 0.25) is 0 Å². The molecule has 0 bridgehead atoms. The third-order valence-corrected chi connectivity index (χ3v) is 3.83. The molecule has 20 heavy (non-hydrogen) atoms. The van der Waals surface area contributed by atoms with Gasteiger partial charge in [-0.15, -0.1) is 0 Å². The summed E-state index contributed by atoms with van der Waals surface area (Å²) in [5.41, 5.74) is 2.17. The molecule has 1 nitrogen and oxygen atoms in total. The molecule has 0 saturated carbocycles. The van der Waals surface area contributed by atoms with E-state index in [-0.39, 0.29) is 0 Å². The number of fused-ring (bicyclic) bond motifs is 1. The molecule has 0 heterocycles. The molecule has 0 N–H and O–H groups in total. The maximum absolute atomic E-state index is 11.4. The highest BCUT2D eigenvalue weighted by molar-refractivity contribution is 6.35. The fourth-order valence-corrected chi connectivity index (χ4v) is 2.68. The predicted octanol–water partition coefficient (Wildman–Crippen LogP) is 5.63. The highest BCUT2D eigenvalue weighted by Gasteiger charge is 2.10. The lowest BCUT2D eigenvalue weighted by Crippen LogP contribution is -1.89. The SMILES string of the molecule is O=Cc1cc2ccccc2cc1-c1cc(Cl)ccc1Cl. The van der Waals surface area contributed by atoms with Crippen molar-refractivity contribution in [2.24, 2.45) is 0 Å². The van der Waals surface area contributed by atoms with Gasteiger partial charge in [-0.1, -0.05) is 47.5 Å². The minimum Gasteiger partial charge on any atom is -0.298 e. The summed E-state index contributed by atoms with van der Waals surface area (Å²) in [4.78, 5) is 11.4. The summed E-state index contributed by atoms with van der Waals surface area (Å²) in [6.07, 6.45) is 0.846. The van der Waals surface area contributed by atoms with Crippen LogP contribution < -0.4 is 0 Å². The number of carbonyl (C=O) groups is 1. The first kappa shape index (κ1) is 13.2. The van der Waals surface area contributed by atoms with E-state index in [0.29, 0.717) is 15.6 Å². The zero-order valence-corrected chi connectivity index (χ0v) is 11.9. The molecular weight excluding hydrogens is 291 g/mol. The molecule has 0 unspecified atom stereocenters. The number of hydrogen-bond acceptors (Lipinski definition) is 1. The second kappa shape index (κ2) is 5.28. The molecule has 0 aromatic heterocycles. The monoisotopic (exact) mass is 300 g/mol. The van der Waals surface area contributed by atoms with Crippen molar-refractivity contribution in [1.29, 1.82) is 0 Å². The predicted molar refractivity (Wildman–Crippen MR) is 84.8 cm³/mol. The summed E-state index contributed by atoms with van der Waals surface area (Å²) in [7, 11) is 0. The van der Waals surface area contributed by atoms with Crippen molar-refractivity contribution in [2.75, 3.05) is 0 Å². The van der Waals surface area contributed by atoms with E-state index < -0.39 is 0 Å². The van der Waals surface area contributed by atoms with Crippen molar-refractivity contribution in [3.8, 4) is 11.1 Å². The smallest absolute Gasteiger partial charge is 0.150 e. The topological polar surface area (TPSA) is 17.1 Å². The van der Waals surface area contributed by atoms with Crippen molar-refractivity contribution in [3.05, 3.63) is 70.2 Å². The zero-order valence-electron chi connectivity index (χ0n) is 10.4. The number of aldehydes is 1. The lowest BCUT2D eigenvalue weighted by Gasteiger charge is -2.10. The van der Waals surface area contributed by atoms with Crippen LogP contribution in [0.25, 0.3) is 21.9 Å². The normalized spacial score (nSPS) is 10.7. The van der Waals surface area contributed by atoms with Gasteiger partial charge in [0, 0.05) is 21.2 Å². The highest BCUT2D eigenvalue weighted by Crippen LogP contribution is 2.34. The molecule has 0 saturated heterocycles. The van der Waals surface area contributed by atoms with Crippen LogP contribution in [0.3, 0.4) is 0 Å². The first-order valence-corrected chi connectivity index (χ1v) is 6.88. The van der Waals surface area contributed by atoms with Gasteiger partial charge in [0.1, 0.15) is 0 Å². The molecule has 0 amide bonds. The van der Waals surface area contributed by atoms with Crippen molar-refractivity contribution in [1.82, 2.24) is 0 Å². The van der Waals surface area contributed by atoms with Crippen molar-refractivity contribution in [3.63, 3.8) is 0 Å².